The number of nitrogens with zero attached hydrogens (tertiary/aromatic N) is 1. The van der Waals surface area contributed by atoms with E-state index < -0.39 is 44.6 Å². The van der Waals surface area contributed by atoms with E-state index in [2.05, 4.69) is 5.32 Å². The second kappa shape index (κ2) is 4.90. The van der Waals surface area contributed by atoms with Gasteiger partial charge in [0, 0.05) is 10.4 Å². The van der Waals surface area contributed by atoms with Crippen LogP contribution in [0, 0.1) is 0 Å². The summed E-state index contributed by atoms with van der Waals surface area (Å²) in [6.07, 6.45) is 0. The van der Waals surface area contributed by atoms with Crippen molar-refractivity contribution in [1.29, 1.82) is 0 Å². The van der Waals surface area contributed by atoms with E-state index in [1.54, 1.807) is 44.2 Å². The number of carbonyl (C=O) groups excluding carboxylic acids is 2. The lowest BCUT2D eigenvalue weighted by Crippen LogP contribution is -2.70. The molecule has 4 rings (SSSR count). The highest BCUT2D eigenvalue weighted by molar-refractivity contribution is 8.01. The minimum Gasteiger partial charge on any atom is -0.480 e. The Kier molecular flexibility index (Phi) is 3.27. The zero-order chi connectivity index (χ0) is 18.2. The zero-order valence-corrected chi connectivity index (χ0v) is 14.9. The number of halogens is 1. The van der Waals surface area contributed by atoms with Gasteiger partial charge < -0.3 is 20.1 Å². The van der Waals surface area contributed by atoms with Crippen molar-refractivity contribution in [3.8, 4) is 0 Å². The van der Waals surface area contributed by atoms with E-state index in [9.17, 15) is 19.5 Å². The minimum absolute atomic E-state index is 0.532. The molecule has 3 aliphatic heterocycles. The Labute approximate surface area is 152 Å². The lowest BCUT2D eigenvalue weighted by Gasteiger charge is -2.42. The van der Waals surface area contributed by atoms with Gasteiger partial charge in [-0.25, -0.2) is 4.79 Å². The molecule has 0 aromatic heterocycles. The first-order valence-electron chi connectivity index (χ1n) is 7.64. The Balaban J connectivity index is 1.59. The maximum atomic E-state index is 12.7. The maximum Gasteiger partial charge on any atom is 0.327 e. The van der Waals surface area contributed by atoms with Gasteiger partial charge in [0.1, 0.15) is 11.4 Å². The third-order valence-corrected chi connectivity index (χ3v) is 6.94. The number of aliphatic carboxylic acids is 1. The molecule has 3 fully saturated rings. The van der Waals surface area contributed by atoms with Gasteiger partial charge >= 0.3 is 5.97 Å². The zero-order valence-electron chi connectivity index (χ0n) is 13.4. The van der Waals surface area contributed by atoms with E-state index in [0.29, 0.717) is 5.69 Å². The van der Waals surface area contributed by atoms with Crippen LogP contribution in [0.1, 0.15) is 13.8 Å². The number of epoxide rings is 1. The number of ether oxygens (including phenoxy) is 1. The third kappa shape index (κ3) is 1.95. The number of hydrogen-bond acceptors (Lipinski definition) is 5. The fourth-order valence-electron chi connectivity index (χ4n) is 3.56. The number of anilines is 1. The Morgan fingerprint density at radius 3 is 2.56 bits per heavy atom. The number of β-lactam (4-membered cyclic amide) rings is 1. The highest BCUT2D eigenvalue weighted by atomic mass is 35.5. The normalized spacial score (nSPS) is 37.4. The van der Waals surface area contributed by atoms with Crippen LogP contribution in [0.3, 0.4) is 0 Å². The van der Waals surface area contributed by atoms with E-state index in [1.807, 2.05) is 0 Å². The molecule has 3 heterocycles. The number of nitrogens with one attached hydrogen (secondary N) is 1. The molecule has 1 spiro atoms. The molecular formula is C16H15ClN2O5S. The Morgan fingerprint density at radius 2 is 1.96 bits per heavy atom. The first kappa shape index (κ1) is 16.7. The lowest BCUT2D eigenvalue weighted by molar-refractivity contribution is -0.165. The summed E-state index contributed by atoms with van der Waals surface area (Å²) >= 11 is 7.63. The van der Waals surface area contributed by atoms with Crippen LogP contribution in [0.5, 0.6) is 0 Å². The molecule has 0 saturated carbocycles. The average molecular weight is 383 g/mol. The van der Waals surface area contributed by atoms with Gasteiger partial charge in [0.15, 0.2) is 0 Å². The van der Waals surface area contributed by atoms with E-state index in [0.717, 1.165) is 0 Å². The summed E-state index contributed by atoms with van der Waals surface area (Å²) < 4.78 is 4.74. The summed E-state index contributed by atoms with van der Waals surface area (Å²) in [6.45, 7) is 3.50. The molecule has 1 aromatic rings. The van der Waals surface area contributed by atoms with Crippen molar-refractivity contribution in [1.82, 2.24) is 4.90 Å². The number of carboxylic acid groups (broad SMARTS) is 1. The lowest BCUT2D eigenvalue weighted by atomic mass is 9.88. The third-order valence-electron chi connectivity index (χ3n) is 4.80. The number of amides is 2. The van der Waals surface area contributed by atoms with Crippen molar-refractivity contribution < 1.29 is 24.2 Å². The molecule has 25 heavy (non-hydrogen) atoms. The van der Waals surface area contributed by atoms with Crippen LogP contribution in [0.2, 0.25) is 0 Å². The molecule has 2 unspecified atom stereocenters. The van der Waals surface area contributed by atoms with Crippen molar-refractivity contribution >= 4 is 46.8 Å². The number of alkyl halides is 1. The van der Waals surface area contributed by atoms with E-state index in [1.165, 1.54) is 16.7 Å². The van der Waals surface area contributed by atoms with Crippen molar-refractivity contribution in [2.75, 3.05) is 5.32 Å². The van der Waals surface area contributed by atoms with Crippen LogP contribution in [-0.2, 0) is 19.1 Å². The number of hydrogen-bond donors (Lipinski definition) is 2. The van der Waals surface area contributed by atoms with Gasteiger partial charge in [-0.2, -0.15) is 0 Å². The van der Waals surface area contributed by atoms with Gasteiger partial charge in [-0.05, 0) is 26.0 Å². The smallest absolute Gasteiger partial charge is 0.327 e. The van der Waals surface area contributed by atoms with Crippen LogP contribution < -0.4 is 5.32 Å². The molecule has 0 aliphatic carbocycles. The van der Waals surface area contributed by atoms with E-state index in [-0.39, 0.29) is 0 Å². The van der Waals surface area contributed by atoms with E-state index in [4.69, 9.17) is 16.3 Å². The number of carbonyl (C=O) groups is 3. The quantitative estimate of drug-likeness (QED) is 0.466. The fourth-order valence-corrected chi connectivity index (χ4v) is 5.71. The summed E-state index contributed by atoms with van der Waals surface area (Å²) in [4.78, 5) is 38.0. The predicted octanol–water partition coefficient (Wildman–Crippen LogP) is 1.48. The molecule has 2 N–H and O–H groups in total. The Morgan fingerprint density at radius 1 is 1.32 bits per heavy atom. The molecule has 3 saturated heterocycles. The molecule has 0 radical (unpaired) electrons. The first-order chi connectivity index (χ1) is 11.6. The summed E-state index contributed by atoms with van der Waals surface area (Å²) in [5.74, 6) is -2.27. The number of fused-ring (bicyclic) bond motifs is 2. The van der Waals surface area contributed by atoms with Crippen molar-refractivity contribution in [3.63, 3.8) is 0 Å². The Hall–Kier alpha value is -1.77. The van der Waals surface area contributed by atoms with Crippen molar-refractivity contribution in [2.45, 2.75) is 40.7 Å². The topological polar surface area (TPSA) is 99.2 Å². The van der Waals surface area contributed by atoms with Gasteiger partial charge in [-0.15, -0.1) is 11.8 Å². The van der Waals surface area contributed by atoms with Gasteiger partial charge in [0.2, 0.25) is 5.60 Å². The van der Waals surface area contributed by atoms with Crippen LogP contribution in [0.15, 0.2) is 30.3 Å². The summed E-state index contributed by atoms with van der Waals surface area (Å²) in [5, 5.41) is 9.66. The van der Waals surface area contributed by atoms with Crippen LogP contribution in [0.4, 0.5) is 5.69 Å². The van der Waals surface area contributed by atoms with Gasteiger partial charge in [0.25, 0.3) is 16.9 Å². The van der Waals surface area contributed by atoms with Gasteiger partial charge in [-0.3, -0.25) is 9.59 Å². The number of thioether (sulfide) groups is 1. The first-order valence-corrected chi connectivity index (χ1v) is 8.90. The van der Waals surface area contributed by atoms with Crippen LogP contribution >= 0.6 is 23.4 Å². The molecule has 4 atom stereocenters. The molecule has 2 amide bonds. The number of carboxylic acids is 1. The number of para-hydroxylation sites is 1. The molecule has 0 bridgehead atoms. The Bertz CT molecular complexity index is 803. The second-order valence-corrected chi connectivity index (χ2v) is 9.05. The highest BCUT2D eigenvalue weighted by Crippen LogP contribution is 2.69. The van der Waals surface area contributed by atoms with Crippen molar-refractivity contribution in [2.24, 2.45) is 0 Å². The predicted molar refractivity (Wildman–Crippen MR) is 91.2 cm³/mol. The minimum atomic E-state index is -1.82. The largest absolute Gasteiger partial charge is 0.480 e. The molecule has 7 nitrogen and oxygen atoms in total. The highest BCUT2D eigenvalue weighted by Gasteiger charge is 2.92. The van der Waals surface area contributed by atoms with Gasteiger partial charge in [-0.1, -0.05) is 29.8 Å². The number of rotatable bonds is 3. The fraction of sp³-hybridized carbons (Fsp3) is 0.438. The standard InChI is InChI=1S/C16H15ClN2O5S/c1-14(2)9(10(20)21)19-12(23)15(13(19)25-14)16(17,24-15)11(22)18-8-6-4-3-5-7-8/h3-7,9,13H,1-2H3,(H,18,22)(H,20,21)/t9-,13?,15?,16+/m0/s1. The van der Waals surface area contributed by atoms with Crippen LogP contribution in [0.25, 0.3) is 0 Å². The SMILES string of the molecule is CC1(C)SC2N(C(=O)C23O[C@]3(Cl)C(=O)Nc2ccccc2)[C@H]1C(=O)O. The second-order valence-electron chi connectivity index (χ2n) is 6.78. The summed E-state index contributed by atoms with van der Waals surface area (Å²) in [6, 6.07) is 7.71. The molecule has 9 heteroatoms. The maximum absolute atomic E-state index is 12.7. The van der Waals surface area contributed by atoms with Crippen molar-refractivity contribution in [3.05, 3.63) is 30.3 Å². The molecule has 3 aliphatic rings. The van der Waals surface area contributed by atoms with Gasteiger partial charge in [0.05, 0.1) is 0 Å². The molecule has 132 valence electrons. The summed E-state index contributed by atoms with van der Waals surface area (Å²) in [5.41, 5.74) is -0.968. The molecular weight excluding hydrogens is 368 g/mol. The van der Waals surface area contributed by atoms with Crippen LogP contribution in [-0.4, -0.2) is 54.6 Å². The average Bonchev–Trinajstić information content (AvgIpc) is 3.13. The number of benzene rings is 1. The monoisotopic (exact) mass is 382 g/mol. The summed E-state index contributed by atoms with van der Waals surface area (Å²) in [7, 11) is 0. The molecule has 1 aromatic carbocycles. The van der Waals surface area contributed by atoms with E-state index >= 15 is 0 Å².